The molecule has 0 spiro atoms. The van der Waals surface area contributed by atoms with Crippen LogP contribution in [0.1, 0.15) is 26.7 Å². The number of hydrogen-bond donors (Lipinski definition) is 2. The Morgan fingerprint density at radius 2 is 1.31 bits per heavy atom. The van der Waals surface area contributed by atoms with Gasteiger partial charge in [-0.05, 0) is 22.7 Å². The molecule has 0 heterocycles. The summed E-state index contributed by atoms with van der Waals surface area (Å²) in [5.74, 6) is 1.55. The minimum Gasteiger partial charge on any atom is -0.392 e. The molecule has 80 valence electrons. The highest BCUT2D eigenvalue weighted by atomic mass is 33.5. The maximum atomic E-state index is 9.22. The Bertz CT molecular complexity index is 102. The Hall–Kier alpha value is 0.970. The average molecular weight is 242 g/mol. The van der Waals surface area contributed by atoms with Gasteiger partial charge in [-0.2, -0.15) is 0 Å². The van der Waals surface area contributed by atoms with Crippen LogP contribution in [0.2, 0.25) is 0 Å². The fourth-order valence-electron chi connectivity index (χ4n) is 0.482. The monoisotopic (exact) mass is 242 g/mol. The van der Waals surface area contributed by atoms with Crippen LogP contribution >= 0.6 is 31.4 Å². The third-order valence-corrected chi connectivity index (χ3v) is 5.92. The van der Waals surface area contributed by atoms with Crippen molar-refractivity contribution in [1.29, 1.82) is 0 Å². The molecule has 0 aromatic heterocycles. The van der Waals surface area contributed by atoms with Crippen molar-refractivity contribution in [2.24, 2.45) is 0 Å². The zero-order chi connectivity index (χ0) is 10.1. The molecule has 0 rings (SSSR count). The number of rotatable bonds is 8. The van der Waals surface area contributed by atoms with Gasteiger partial charge in [0.2, 0.25) is 0 Å². The Morgan fingerprint density at radius 1 is 0.923 bits per heavy atom. The first-order valence-corrected chi connectivity index (χ1v) is 8.30. The van der Waals surface area contributed by atoms with E-state index in [1.54, 1.807) is 31.4 Å². The molecule has 0 saturated heterocycles. The van der Waals surface area contributed by atoms with E-state index in [4.69, 9.17) is 0 Å². The van der Waals surface area contributed by atoms with E-state index in [1.165, 1.54) is 0 Å². The van der Waals surface area contributed by atoms with Gasteiger partial charge in [0.25, 0.3) is 0 Å². The molecule has 0 aliphatic heterocycles. The summed E-state index contributed by atoms with van der Waals surface area (Å²) in [6.45, 7) is 3.95. The lowest BCUT2D eigenvalue weighted by Gasteiger charge is -2.07. The molecule has 0 aromatic carbocycles. The first kappa shape index (κ1) is 14.0. The first-order chi connectivity index (χ1) is 6.20. The van der Waals surface area contributed by atoms with Crippen molar-refractivity contribution in [3.05, 3.63) is 0 Å². The molecule has 2 unspecified atom stereocenters. The summed E-state index contributed by atoms with van der Waals surface area (Å²) in [4.78, 5) is 0. The second kappa shape index (κ2) is 9.52. The highest BCUT2D eigenvalue weighted by Gasteiger charge is 2.03. The second-order valence-electron chi connectivity index (χ2n) is 2.76. The van der Waals surface area contributed by atoms with Crippen LogP contribution < -0.4 is 0 Å². The van der Waals surface area contributed by atoms with E-state index < -0.39 is 0 Å². The van der Waals surface area contributed by atoms with Crippen LogP contribution in [-0.4, -0.2) is 33.9 Å². The van der Waals surface area contributed by atoms with Crippen LogP contribution in [0.3, 0.4) is 0 Å². The maximum absolute atomic E-state index is 9.22. The molecular weight excluding hydrogens is 224 g/mol. The maximum Gasteiger partial charge on any atom is 0.0636 e. The van der Waals surface area contributed by atoms with E-state index in [9.17, 15) is 10.2 Å². The third kappa shape index (κ3) is 9.28. The molecule has 0 radical (unpaired) electrons. The molecule has 0 aliphatic rings. The summed E-state index contributed by atoms with van der Waals surface area (Å²) in [5.41, 5.74) is 0. The van der Waals surface area contributed by atoms with Crippen molar-refractivity contribution in [3.63, 3.8) is 0 Å². The van der Waals surface area contributed by atoms with Gasteiger partial charge in [-0.3, -0.25) is 0 Å². The highest BCUT2D eigenvalue weighted by molar-refractivity contribution is 9.09. The van der Waals surface area contributed by atoms with Gasteiger partial charge >= 0.3 is 0 Å². The Kier molecular flexibility index (Phi) is 10.2. The molecule has 2 nitrogen and oxygen atoms in total. The first-order valence-electron chi connectivity index (χ1n) is 4.47. The summed E-state index contributed by atoms with van der Waals surface area (Å²) < 4.78 is 0. The van der Waals surface area contributed by atoms with Crippen LogP contribution in [-0.2, 0) is 0 Å². The van der Waals surface area contributed by atoms with E-state index >= 15 is 0 Å². The van der Waals surface area contributed by atoms with Gasteiger partial charge in [0.1, 0.15) is 0 Å². The lowest BCUT2D eigenvalue weighted by molar-refractivity contribution is 0.195. The molecule has 0 aromatic rings. The van der Waals surface area contributed by atoms with Crippen molar-refractivity contribution >= 4 is 31.4 Å². The normalized spacial score (nSPS) is 15.7. The minimum absolute atomic E-state index is 0.186. The Labute approximate surface area is 92.1 Å². The van der Waals surface area contributed by atoms with Crippen LogP contribution in [0, 0.1) is 0 Å². The molecule has 2 atom stereocenters. The third-order valence-electron chi connectivity index (χ3n) is 1.56. The van der Waals surface area contributed by atoms with Gasteiger partial charge in [0.15, 0.2) is 0 Å². The molecule has 5 heteroatoms. The summed E-state index contributed by atoms with van der Waals surface area (Å²) in [5, 5.41) is 18.4. The van der Waals surface area contributed by atoms with Gasteiger partial charge in [-0.15, -0.1) is 0 Å². The van der Waals surface area contributed by atoms with E-state index in [2.05, 4.69) is 0 Å². The average Bonchev–Trinajstić information content (AvgIpc) is 2.16. The largest absolute Gasteiger partial charge is 0.392 e. The summed E-state index contributed by atoms with van der Waals surface area (Å²) >= 11 is 0. The van der Waals surface area contributed by atoms with Gasteiger partial charge in [0.05, 0.1) is 12.2 Å². The predicted molar refractivity (Wildman–Crippen MR) is 65.1 cm³/mol. The van der Waals surface area contributed by atoms with Crippen molar-refractivity contribution in [2.75, 3.05) is 11.5 Å². The zero-order valence-corrected chi connectivity index (χ0v) is 10.6. The molecule has 0 amide bonds. The van der Waals surface area contributed by atoms with Gasteiger partial charge in [0, 0.05) is 11.5 Å². The van der Waals surface area contributed by atoms with Crippen molar-refractivity contribution in [3.8, 4) is 0 Å². The lowest BCUT2D eigenvalue weighted by Crippen LogP contribution is -2.07. The van der Waals surface area contributed by atoms with Crippen LogP contribution in [0.4, 0.5) is 0 Å². The smallest absolute Gasteiger partial charge is 0.0636 e. The summed E-state index contributed by atoms with van der Waals surface area (Å²) in [6, 6.07) is 0. The molecule has 0 bridgehead atoms. The van der Waals surface area contributed by atoms with Crippen LogP contribution in [0.15, 0.2) is 0 Å². The molecule has 0 aliphatic carbocycles. The summed E-state index contributed by atoms with van der Waals surface area (Å²) in [7, 11) is 4.97. The molecular formula is C8H18O2S3. The van der Waals surface area contributed by atoms with Crippen molar-refractivity contribution in [1.82, 2.24) is 0 Å². The lowest BCUT2D eigenvalue weighted by atomic mass is 10.3. The van der Waals surface area contributed by atoms with E-state index in [1.807, 2.05) is 13.8 Å². The van der Waals surface area contributed by atoms with E-state index in [0.717, 1.165) is 24.3 Å². The number of hydrogen-bond acceptors (Lipinski definition) is 5. The fraction of sp³-hybridized carbons (Fsp3) is 1.00. The molecule has 0 saturated carbocycles. The van der Waals surface area contributed by atoms with Gasteiger partial charge in [-0.1, -0.05) is 35.4 Å². The van der Waals surface area contributed by atoms with Gasteiger partial charge in [-0.25, -0.2) is 0 Å². The topological polar surface area (TPSA) is 40.5 Å². The highest BCUT2D eigenvalue weighted by Crippen LogP contribution is 2.35. The second-order valence-corrected chi connectivity index (χ2v) is 7.08. The zero-order valence-electron chi connectivity index (χ0n) is 8.10. The Morgan fingerprint density at radius 3 is 1.62 bits per heavy atom. The summed E-state index contributed by atoms with van der Waals surface area (Å²) in [6.07, 6.45) is 1.26. The molecule has 2 N–H and O–H groups in total. The quantitative estimate of drug-likeness (QED) is 0.506. The van der Waals surface area contributed by atoms with Crippen LogP contribution in [0.25, 0.3) is 0 Å². The SMILES string of the molecule is CCC(O)CSSSCC(O)CC. The fourth-order valence-corrected chi connectivity index (χ4v) is 4.54. The van der Waals surface area contributed by atoms with E-state index in [0.29, 0.717) is 0 Å². The number of aliphatic hydroxyl groups is 2. The predicted octanol–water partition coefficient (Wildman–Crippen LogP) is 2.56. The minimum atomic E-state index is -0.186. The molecule has 0 fully saturated rings. The standard InChI is InChI=1S/C8H18O2S3/c1-3-7(9)5-11-13-12-6-8(10)4-2/h7-10H,3-6H2,1-2H3. The van der Waals surface area contributed by atoms with Crippen molar-refractivity contribution < 1.29 is 10.2 Å². The van der Waals surface area contributed by atoms with Crippen LogP contribution in [0.5, 0.6) is 0 Å². The van der Waals surface area contributed by atoms with Crippen molar-refractivity contribution in [2.45, 2.75) is 38.9 Å². The Balaban J connectivity index is 3.08. The van der Waals surface area contributed by atoms with Gasteiger partial charge < -0.3 is 10.2 Å². The molecule has 13 heavy (non-hydrogen) atoms. The number of aliphatic hydroxyl groups excluding tert-OH is 2. The van der Waals surface area contributed by atoms with E-state index in [-0.39, 0.29) is 12.2 Å².